The fraction of sp³-hybridized carbons (Fsp3) is 0. The lowest BCUT2D eigenvalue weighted by Crippen LogP contribution is -2.11. The van der Waals surface area contributed by atoms with Gasteiger partial charge in [0.15, 0.2) is 22.3 Å². The van der Waals surface area contributed by atoms with Gasteiger partial charge in [-0.1, -0.05) is 24.3 Å². The number of H-pyrrole nitrogens is 1. The van der Waals surface area contributed by atoms with Crippen LogP contribution in [0.4, 0.5) is 11.5 Å². The minimum Gasteiger partial charge on any atom is -0.506 e. The van der Waals surface area contributed by atoms with E-state index < -0.39 is 0 Å². The highest BCUT2D eigenvalue weighted by molar-refractivity contribution is 9.10. The molecule has 6 aromatic carbocycles. The van der Waals surface area contributed by atoms with Crippen molar-refractivity contribution in [1.29, 1.82) is 0 Å². The fourth-order valence-corrected chi connectivity index (χ4v) is 5.53. The Morgan fingerprint density at radius 1 is 0.771 bits per heavy atom. The van der Waals surface area contributed by atoms with Crippen LogP contribution in [0.15, 0.2) is 63.1 Å². The molecular weight excluding hydrogens is 514 g/mol. The van der Waals surface area contributed by atoms with Crippen molar-refractivity contribution in [2.24, 2.45) is 0 Å². The number of halogens is 1. The Bertz CT molecular complexity index is 2130. The van der Waals surface area contributed by atoms with E-state index in [4.69, 9.17) is 0 Å². The first kappa shape index (κ1) is 19.9. The average Bonchev–Trinajstić information content (AvgIpc) is 3.36. The van der Waals surface area contributed by atoms with E-state index in [1.165, 1.54) is 24.8 Å². The van der Waals surface area contributed by atoms with Crippen LogP contribution < -0.4 is 16.2 Å². The summed E-state index contributed by atoms with van der Waals surface area (Å²) in [6.45, 7) is 0. The summed E-state index contributed by atoms with van der Waals surface area (Å²) in [4.78, 5) is 41.3. The van der Waals surface area contributed by atoms with Gasteiger partial charge in [-0.3, -0.25) is 9.59 Å². The fourth-order valence-electron chi connectivity index (χ4n) is 5.04. The molecule has 0 unspecified atom stereocenters. The van der Waals surface area contributed by atoms with Crippen molar-refractivity contribution in [3.63, 3.8) is 0 Å². The van der Waals surface area contributed by atoms with E-state index in [1.54, 1.807) is 0 Å². The number of rotatable bonds is 2. The van der Waals surface area contributed by atoms with Gasteiger partial charge >= 0.3 is 0 Å². The molecular formula is C25H12BrN5O4. The highest BCUT2D eigenvalue weighted by atomic mass is 79.9. The van der Waals surface area contributed by atoms with E-state index in [0.717, 1.165) is 0 Å². The number of fused-ring (bicyclic) bond motifs is 1. The summed E-state index contributed by atoms with van der Waals surface area (Å²) in [6.07, 6.45) is 2.80. The van der Waals surface area contributed by atoms with Crippen molar-refractivity contribution in [1.82, 2.24) is 19.9 Å². The zero-order chi connectivity index (χ0) is 24.0. The summed E-state index contributed by atoms with van der Waals surface area (Å²) >= 11 is 3.40. The van der Waals surface area contributed by atoms with E-state index >= 15 is 0 Å². The van der Waals surface area contributed by atoms with Gasteiger partial charge in [-0.05, 0) is 38.8 Å². The molecule has 2 heterocycles. The second kappa shape index (κ2) is 6.73. The maximum Gasteiger partial charge on any atom is 0.187 e. The van der Waals surface area contributed by atoms with Gasteiger partial charge < -0.3 is 20.5 Å². The summed E-state index contributed by atoms with van der Waals surface area (Å²) in [5, 5.41) is 29.2. The lowest BCUT2D eigenvalue weighted by Gasteiger charge is -2.21. The molecule has 0 spiro atoms. The van der Waals surface area contributed by atoms with Gasteiger partial charge in [0.1, 0.15) is 29.0 Å². The van der Waals surface area contributed by atoms with Gasteiger partial charge in [-0.2, -0.15) is 0 Å². The third kappa shape index (κ3) is 2.43. The molecule has 0 fully saturated rings. The van der Waals surface area contributed by atoms with Gasteiger partial charge in [-0.15, -0.1) is 0 Å². The molecule has 8 rings (SSSR count). The van der Waals surface area contributed by atoms with Crippen LogP contribution in [0.1, 0.15) is 0 Å². The topological polar surface area (TPSA) is 141 Å². The molecule has 10 heteroatoms. The molecule has 0 saturated heterocycles. The minimum absolute atomic E-state index is 0.140. The largest absolute Gasteiger partial charge is 0.506 e. The van der Waals surface area contributed by atoms with Gasteiger partial charge in [0, 0.05) is 32.3 Å². The molecule has 35 heavy (non-hydrogen) atoms. The van der Waals surface area contributed by atoms with Crippen molar-refractivity contribution in [3.05, 3.63) is 74.0 Å². The summed E-state index contributed by atoms with van der Waals surface area (Å²) in [7, 11) is 0. The van der Waals surface area contributed by atoms with Gasteiger partial charge in [0.25, 0.3) is 0 Å². The van der Waals surface area contributed by atoms with Crippen molar-refractivity contribution in [3.8, 4) is 11.5 Å². The zero-order valence-electron chi connectivity index (χ0n) is 17.5. The summed E-state index contributed by atoms with van der Waals surface area (Å²) < 4.78 is 0.172. The number of benzene rings is 6. The lowest BCUT2D eigenvalue weighted by atomic mass is 9.85. The number of phenols is 2. The average molecular weight is 526 g/mol. The first-order valence-electron chi connectivity index (χ1n) is 10.5. The second-order valence-corrected chi connectivity index (χ2v) is 8.99. The van der Waals surface area contributed by atoms with E-state index in [-0.39, 0.29) is 54.1 Å². The number of anilines is 2. The number of imidazole rings is 1. The SMILES string of the molecule is O=c1ccc(=O)c2c1c1c3ccccc3c2c2c(O)c(Nc3ncnc4nc[nH]c34)c(Br)c(O)c21. The molecule has 168 valence electrons. The number of nitrogens with one attached hydrogen (secondary N) is 2. The quantitative estimate of drug-likeness (QED) is 0.147. The number of phenolic OH excluding ortho intramolecular Hbond substituents is 2. The van der Waals surface area contributed by atoms with Crippen molar-refractivity contribution in [2.75, 3.05) is 5.32 Å². The smallest absolute Gasteiger partial charge is 0.187 e. The molecule has 2 aromatic heterocycles. The Labute approximate surface area is 202 Å². The first-order valence-corrected chi connectivity index (χ1v) is 11.3. The number of hydrogen-bond donors (Lipinski definition) is 4. The molecule has 0 aliphatic heterocycles. The predicted molar refractivity (Wildman–Crippen MR) is 137 cm³/mol. The van der Waals surface area contributed by atoms with E-state index in [0.29, 0.717) is 38.5 Å². The van der Waals surface area contributed by atoms with Crippen LogP contribution in [-0.2, 0) is 0 Å². The maximum absolute atomic E-state index is 13.0. The predicted octanol–water partition coefficient (Wildman–Crippen LogP) is 4.48. The third-order valence-corrected chi connectivity index (χ3v) is 7.22. The molecule has 8 aromatic rings. The molecule has 0 aliphatic rings. The van der Waals surface area contributed by atoms with Crippen LogP contribution in [0, 0.1) is 0 Å². The lowest BCUT2D eigenvalue weighted by molar-refractivity contribution is 0.469. The molecule has 0 aliphatic carbocycles. The molecule has 0 atom stereocenters. The summed E-state index contributed by atoms with van der Waals surface area (Å²) in [5.74, 6) is -0.0634. The van der Waals surface area contributed by atoms with Crippen LogP contribution in [0.2, 0.25) is 0 Å². The van der Waals surface area contributed by atoms with Crippen molar-refractivity contribution in [2.45, 2.75) is 0 Å². The highest BCUT2D eigenvalue weighted by Gasteiger charge is 2.28. The normalized spacial score (nSPS) is 12.0. The zero-order valence-corrected chi connectivity index (χ0v) is 19.1. The number of aromatic amines is 1. The van der Waals surface area contributed by atoms with Crippen LogP contribution in [0.3, 0.4) is 0 Å². The van der Waals surface area contributed by atoms with Crippen LogP contribution >= 0.6 is 15.9 Å². The van der Waals surface area contributed by atoms with Crippen LogP contribution in [-0.4, -0.2) is 30.1 Å². The number of hydrogen-bond acceptors (Lipinski definition) is 8. The Hall–Kier alpha value is -4.57. The maximum atomic E-state index is 13.0. The molecule has 2 bridgehead atoms. The molecule has 9 nitrogen and oxygen atoms in total. The van der Waals surface area contributed by atoms with E-state index in [9.17, 15) is 19.8 Å². The molecule has 0 saturated carbocycles. The van der Waals surface area contributed by atoms with Crippen LogP contribution in [0.25, 0.3) is 54.3 Å². The van der Waals surface area contributed by atoms with E-state index in [2.05, 4.69) is 41.2 Å². The molecule has 0 radical (unpaired) electrons. The van der Waals surface area contributed by atoms with E-state index in [1.807, 2.05) is 24.3 Å². The Morgan fingerprint density at radius 3 is 2.06 bits per heavy atom. The number of nitrogens with zero attached hydrogens (tertiary/aromatic N) is 3. The standard InChI is InChI=1S/C25H12BrN5O4/c26-19-20(31-25-21-24(28-7-27-21)29-8-30-25)23(35)18-14-10-4-2-1-3-9(10)13(17(18)22(19)34)15-11(32)5-6-12(33)16(14)15/h1-8,34-35H,(H2,27,28,29,30,31). The molecule has 4 N–H and O–H groups in total. The van der Waals surface area contributed by atoms with Gasteiger partial charge in [0.05, 0.1) is 10.8 Å². The monoisotopic (exact) mass is 525 g/mol. The van der Waals surface area contributed by atoms with Crippen LogP contribution in [0.5, 0.6) is 11.5 Å². The number of aromatic hydroxyl groups is 2. The Kier molecular flexibility index (Phi) is 3.82. The van der Waals surface area contributed by atoms with Crippen molar-refractivity contribution < 1.29 is 10.2 Å². The molecule has 0 amide bonds. The summed E-state index contributed by atoms with van der Waals surface area (Å²) in [6, 6.07) is 9.79. The first-order chi connectivity index (χ1) is 17.0. The van der Waals surface area contributed by atoms with Gasteiger partial charge in [0.2, 0.25) is 0 Å². The van der Waals surface area contributed by atoms with Gasteiger partial charge in [-0.25, -0.2) is 15.0 Å². The minimum atomic E-state index is -0.335. The third-order valence-electron chi connectivity index (χ3n) is 6.45. The summed E-state index contributed by atoms with van der Waals surface area (Å²) in [5.41, 5.74) is 0.408. The van der Waals surface area contributed by atoms with Crippen molar-refractivity contribution >= 4 is 81.7 Å². The second-order valence-electron chi connectivity index (χ2n) is 8.19. The Balaban J connectivity index is 1.71. The Morgan fingerprint density at radius 2 is 1.40 bits per heavy atom. The number of aromatic nitrogens is 4. The highest BCUT2D eigenvalue weighted by Crippen LogP contribution is 2.54.